The first kappa shape index (κ1) is 16.5. The van der Waals surface area contributed by atoms with Crippen molar-refractivity contribution in [2.24, 2.45) is 5.73 Å². The summed E-state index contributed by atoms with van der Waals surface area (Å²) in [5.41, 5.74) is 4.47. The number of hydrogen-bond acceptors (Lipinski definition) is 4. The van der Waals surface area contributed by atoms with Crippen molar-refractivity contribution >= 4 is 19.6 Å². The fourth-order valence-electron chi connectivity index (χ4n) is 0. The van der Waals surface area contributed by atoms with E-state index in [4.69, 9.17) is 19.9 Å². The number of amides is 1. The molecule has 0 saturated carbocycles. The summed E-state index contributed by atoms with van der Waals surface area (Å²) in [5.74, 6) is -1.17. The zero-order valence-electron chi connectivity index (χ0n) is 6.44. The Labute approximate surface area is 64.9 Å². The summed E-state index contributed by atoms with van der Waals surface area (Å²) < 4.78 is 0. The van der Waals surface area contributed by atoms with Crippen molar-refractivity contribution in [2.45, 2.75) is 13.8 Å². The van der Waals surface area contributed by atoms with Gasteiger partial charge in [-0.05, 0) is 0 Å². The summed E-state index contributed by atoms with van der Waals surface area (Å²) in [6.07, 6.45) is 0. The number of carboxylic acids is 1. The van der Waals surface area contributed by atoms with Crippen LogP contribution in [0.3, 0.4) is 0 Å². The van der Waals surface area contributed by atoms with Crippen LogP contribution in [0.2, 0.25) is 0 Å². The lowest BCUT2D eigenvalue weighted by Gasteiger charge is -1.60. The van der Waals surface area contributed by atoms with Crippen LogP contribution < -0.4 is 5.73 Å². The van der Waals surface area contributed by atoms with Crippen molar-refractivity contribution in [2.75, 3.05) is 0 Å². The van der Waals surface area contributed by atoms with Gasteiger partial charge >= 0.3 is 7.69 Å². The molecule has 0 aliphatic carbocycles. The third-order valence-corrected chi connectivity index (χ3v) is 0. The molecule has 0 heterocycles. The van der Waals surface area contributed by atoms with Gasteiger partial charge in [0.1, 0.15) is 0 Å². The molecular formula is C4H12BNO5. The summed E-state index contributed by atoms with van der Waals surface area (Å²) in [7, 11) is -0.750. The van der Waals surface area contributed by atoms with Gasteiger partial charge in [-0.2, -0.15) is 0 Å². The smallest absolute Gasteiger partial charge is 0.432 e. The average Bonchev–Trinajstić information content (AvgIpc) is 1.60. The van der Waals surface area contributed by atoms with Crippen molar-refractivity contribution in [1.29, 1.82) is 0 Å². The summed E-state index contributed by atoms with van der Waals surface area (Å²) in [5, 5.41) is 21.7. The van der Waals surface area contributed by atoms with Gasteiger partial charge in [-0.1, -0.05) is 0 Å². The molecule has 0 spiro atoms. The van der Waals surface area contributed by atoms with Crippen LogP contribution >= 0.6 is 0 Å². The quantitative estimate of drug-likeness (QED) is 0.304. The van der Waals surface area contributed by atoms with E-state index >= 15 is 0 Å². The van der Waals surface area contributed by atoms with Gasteiger partial charge in [0.15, 0.2) is 0 Å². The molecule has 0 fully saturated rings. The average molecular weight is 165 g/mol. The predicted octanol–water partition coefficient (Wildman–Crippen LogP) is -2.18. The van der Waals surface area contributed by atoms with E-state index in [9.17, 15) is 4.79 Å². The Balaban J connectivity index is -0.0000000886. The third-order valence-electron chi connectivity index (χ3n) is 0. The van der Waals surface area contributed by atoms with Gasteiger partial charge in [0.2, 0.25) is 5.91 Å². The van der Waals surface area contributed by atoms with Crippen molar-refractivity contribution in [3.63, 3.8) is 0 Å². The maximum Gasteiger partial charge on any atom is 0.432 e. The zero-order chi connectivity index (χ0) is 9.86. The summed E-state index contributed by atoms with van der Waals surface area (Å²) in [4.78, 5) is 18.2. The molecule has 0 aromatic heterocycles. The summed E-state index contributed by atoms with van der Waals surface area (Å²) >= 11 is 0. The minimum Gasteiger partial charge on any atom is -0.481 e. The van der Waals surface area contributed by atoms with Crippen LogP contribution in [0.4, 0.5) is 0 Å². The first-order valence-corrected chi connectivity index (χ1v) is 2.55. The number of primary amides is 1. The lowest BCUT2D eigenvalue weighted by Crippen LogP contribution is -2.01. The maximum atomic E-state index is 9.22. The maximum absolute atomic E-state index is 9.22. The highest BCUT2D eigenvalue weighted by Gasteiger charge is 1.65. The van der Waals surface area contributed by atoms with Gasteiger partial charge < -0.3 is 20.9 Å². The zero-order valence-corrected chi connectivity index (χ0v) is 6.44. The van der Waals surface area contributed by atoms with Gasteiger partial charge in [-0.25, -0.2) is 0 Å². The fourth-order valence-corrected chi connectivity index (χ4v) is 0. The highest BCUT2D eigenvalue weighted by atomic mass is 16.4. The predicted molar refractivity (Wildman–Crippen MR) is 39.8 cm³/mol. The first-order chi connectivity index (χ1) is 4.88. The van der Waals surface area contributed by atoms with Crippen LogP contribution in [0.15, 0.2) is 0 Å². The van der Waals surface area contributed by atoms with E-state index in [2.05, 4.69) is 5.73 Å². The number of carbonyl (C=O) groups excluding carboxylic acids is 1. The van der Waals surface area contributed by atoms with Crippen molar-refractivity contribution in [3.8, 4) is 0 Å². The topological polar surface area (TPSA) is 121 Å². The molecule has 0 aliphatic rings. The Morgan fingerprint density at radius 2 is 1.27 bits per heavy atom. The molecule has 0 rings (SSSR count). The molecule has 0 saturated heterocycles. The molecule has 1 amide bonds. The van der Waals surface area contributed by atoms with Crippen molar-refractivity contribution in [3.05, 3.63) is 0 Å². The van der Waals surface area contributed by atoms with Crippen molar-refractivity contribution in [1.82, 2.24) is 0 Å². The number of hydrogen-bond donors (Lipinski definition) is 4. The minimum atomic E-state index is -0.833. The number of carboxylic acid groups (broad SMARTS) is 1. The number of rotatable bonds is 0. The Kier molecular flexibility index (Phi) is 23.9. The molecule has 11 heavy (non-hydrogen) atoms. The van der Waals surface area contributed by atoms with Crippen molar-refractivity contribution < 1.29 is 24.7 Å². The molecule has 0 radical (unpaired) electrons. The van der Waals surface area contributed by atoms with E-state index in [1.54, 1.807) is 0 Å². The van der Waals surface area contributed by atoms with E-state index in [1.165, 1.54) is 6.92 Å². The highest BCUT2D eigenvalue weighted by Crippen LogP contribution is 1.42. The number of aliphatic carboxylic acids is 1. The molecule has 66 valence electrons. The lowest BCUT2D eigenvalue weighted by molar-refractivity contribution is -0.134. The van der Waals surface area contributed by atoms with Crippen LogP contribution in [0.25, 0.3) is 0 Å². The monoisotopic (exact) mass is 165 g/mol. The Hall–Kier alpha value is -1.08. The van der Waals surface area contributed by atoms with Crippen LogP contribution in [0, 0.1) is 0 Å². The molecule has 0 unspecified atom stereocenters. The SMILES string of the molecule is CC(=O)O.CC(N)=O.OBO. The van der Waals surface area contributed by atoms with Crippen LogP contribution in [-0.2, 0) is 9.59 Å². The molecule has 0 aliphatic heterocycles. The Bertz CT molecular complexity index is 86.7. The van der Waals surface area contributed by atoms with E-state index in [-0.39, 0.29) is 5.91 Å². The summed E-state index contributed by atoms with van der Waals surface area (Å²) in [6.45, 7) is 2.39. The largest absolute Gasteiger partial charge is 0.481 e. The van der Waals surface area contributed by atoms with E-state index in [0.717, 1.165) is 6.92 Å². The molecule has 6 nitrogen and oxygen atoms in total. The van der Waals surface area contributed by atoms with Gasteiger partial charge in [-0.15, -0.1) is 0 Å². The van der Waals surface area contributed by atoms with Gasteiger partial charge in [0.05, 0.1) is 0 Å². The standard InChI is InChI=1S/C2H5NO.C2H4O2.BH3O2/c2*1-2(3)4;2-1-3/h1H3,(H2,3,4);1H3,(H,3,4);1-3H. The van der Waals surface area contributed by atoms with Crippen LogP contribution in [0.5, 0.6) is 0 Å². The highest BCUT2D eigenvalue weighted by molar-refractivity contribution is 6.13. The molecular weight excluding hydrogens is 153 g/mol. The Morgan fingerprint density at radius 3 is 1.27 bits per heavy atom. The lowest BCUT2D eigenvalue weighted by atomic mass is 10.5. The van der Waals surface area contributed by atoms with Gasteiger partial charge in [0, 0.05) is 13.8 Å². The van der Waals surface area contributed by atoms with E-state index in [0.29, 0.717) is 0 Å². The van der Waals surface area contributed by atoms with Crippen LogP contribution in [0.1, 0.15) is 13.8 Å². The third kappa shape index (κ3) is 370. The first-order valence-electron chi connectivity index (χ1n) is 2.55. The fraction of sp³-hybridized carbons (Fsp3) is 0.500. The normalized spacial score (nSPS) is 5.82. The molecule has 5 N–H and O–H groups in total. The molecule has 0 aromatic rings. The van der Waals surface area contributed by atoms with E-state index in [1.807, 2.05) is 0 Å². The molecule has 0 bridgehead atoms. The molecule has 7 heteroatoms. The molecule has 0 atom stereocenters. The van der Waals surface area contributed by atoms with E-state index < -0.39 is 13.7 Å². The number of nitrogens with two attached hydrogens (primary N) is 1. The second-order valence-corrected chi connectivity index (χ2v) is 1.27. The molecule has 0 aromatic carbocycles. The minimum absolute atomic E-state index is 0.333. The van der Waals surface area contributed by atoms with Gasteiger partial charge in [-0.3, -0.25) is 9.59 Å². The second-order valence-electron chi connectivity index (χ2n) is 1.27. The van der Waals surface area contributed by atoms with Gasteiger partial charge in [0.25, 0.3) is 5.97 Å². The Morgan fingerprint density at radius 1 is 1.27 bits per heavy atom. The van der Waals surface area contributed by atoms with Crippen LogP contribution in [-0.4, -0.2) is 34.7 Å². The summed E-state index contributed by atoms with van der Waals surface area (Å²) in [6, 6.07) is 0. The second kappa shape index (κ2) is 16.0. The number of carbonyl (C=O) groups is 2.